The third kappa shape index (κ3) is 4.01. The van der Waals surface area contributed by atoms with Crippen LogP contribution in [0.1, 0.15) is 10.4 Å². The minimum Gasteiger partial charge on any atom is -0.465 e. The highest BCUT2D eigenvalue weighted by Crippen LogP contribution is 2.41. The minimum atomic E-state index is -6.26. The quantitative estimate of drug-likeness (QED) is 0.138. The van der Waals surface area contributed by atoms with Gasteiger partial charge in [-0.3, -0.25) is 10.1 Å². The summed E-state index contributed by atoms with van der Waals surface area (Å²) in [6.45, 7) is 0. The van der Waals surface area contributed by atoms with Gasteiger partial charge in [0.2, 0.25) is 5.75 Å². The summed E-state index contributed by atoms with van der Waals surface area (Å²) in [5.41, 5.74) is -7.66. The molecule has 0 bridgehead atoms. The summed E-state index contributed by atoms with van der Waals surface area (Å²) in [7, 11) is -5.28. The number of nitro benzene ring substituents is 1. The van der Waals surface area contributed by atoms with Gasteiger partial charge in [-0.15, -0.1) is 0 Å². The van der Waals surface area contributed by atoms with Crippen LogP contribution >= 0.6 is 0 Å². The third-order valence-corrected chi connectivity index (χ3v) is 4.91. The van der Waals surface area contributed by atoms with Crippen molar-refractivity contribution in [2.75, 3.05) is 7.11 Å². The average molecular weight is 463 g/mol. The lowest BCUT2D eigenvalue weighted by Crippen LogP contribution is -2.28. The van der Waals surface area contributed by atoms with Crippen LogP contribution in [0.3, 0.4) is 0 Å². The van der Waals surface area contributed by atoms with Gasteiger partial charge in [0.15, 0.2) is 0 Å². The fourth-order valence-electron chi connectivity index (χ4n) is 2.60. The van der Waals surface area contributed by atoms with Gasteiger partial charge in [0.05, 0.1) is 18.1 Å². The van der Waals surface area contributed by atoms with Crippen molar-refractivity contribution in [1.29, 1.82) is 0 Å². The fourth-order valence-corrected chi connectivity index (χ4v) is 3.06. The molecule has 3 rings (SSSR count). The molecule has 3 aromatic rings. The number of nitro groups is 1. The Labute approximate surface area is 170 Å². The maximum atomic E-state index is 13.2. The van der Waals surface area contributed by atoms with Crippen molar-refractivity contribution in [2.24, 2.45) is 0 Å². The van der Waals surface area contributed by atoms with E-state index in [0.29, 0.717) is 12.1 Å². The predicted molar refractivity (Wildman–Crippen MR) is 95.2 cm³/mol. The van der Waals surface area contributed by atoms with Crippen molar-refractivity contribution in [3.8, 4) is 17.1 Å². The van der Waals surface area contributed by atoms with E-state index in [9.17, 15) is 40.9 Å². The van der Waals surface area contributed by atoms with Crippen molar-refractivity contribution in [3.63, 3.8) is 0 Å². The Morgan fingerprint density at radius 2 is 1.77 bits per heavy atom. The SMILES string of the molecule is COC(=O)c1c(-c2ccc(F)cc2)oc2cc([N+](=O)[O-])c(OS(=O)(=O)C(F)(F)F)cc12. The number of furan rings is 1. The molecule has 0 saturated carbocycles. The fraction of sp³-hybridized carbons (Fsp3) is 0.118. The molecule has 0 N–H and O–H groups in total. The van der Waals surface area contributed by atoms with Crippen LogP contribution < -0.4 is 4.18 Å². The van der Waals surface area contributed by atoms with E-state index in [1.54, 1.807) is 0 Å². The van der Waals surface area contributed by atoms with E-state index in [4.69, 9.17) is 4.42 Å². The summed E-state index contributed by atoms with van der Waals surface area (Å²) in [6.07, 6.45) is 0. The molecule has 0 amide bonds. The van der Waals surface area contributed by atoms with Crippen LogP contribution in [0.15, 0.2) is 40.8 Å². The van der Waals surface area contributed by atoms with Crippen molar-refractivity contribution >= 4 is 32.7 Å². The number of fused-ring (bicyclic) bond motifs is 1. The van der Waals surface area contributed by atoms with Crippen LogP contribution in [-0.4, -0.2) is 31.9 Å². The van der Waals surface area contributed by atoms with Gasteiger partial charge in [-0.25, -0.2) is 9.18 Å². The first-order valence-electron chi connectivity index (χ1n) is 7.95. The second-order valence-corrected chi connectivity index (χ2v) is 7.40. The van der Waals surface area contributed by atoms with Crippen LogP contribution in [-0.2, 0) is 14.9 Å². The maximum absolute atomic E-state index is 13.2. The minimum absolute atomic E-state index is 0.131. The predicted octanol–water partition coefficient (Wildman–Crippen LogP) is 4.16. The topological polar surface area (TPSA) is 126 Å². The van der Waals surface area contributed by atoms with E-state index in [-0.39, 0.29) is 22.3 Å². The summed E-state index contributed by atoms with van der Waals surface area (Å²) in [6, 6.07) is 5.60. The van der Waals surface area contributed by atoms with E-state index in [2.05, 4.69) is 8.92 Å². The Bertz CT molecular complexity index is 1300. The molecule has 164 valence electrons. The average Bonchev–Trinajstić information content (AvgIpc) is 3.04. The van der Waals surface area contributed by atoms with Gasteiger partial charge in [0.25, 0.3) is 0 Å². The number of carbonyl (C=O) groups excluding carboxylic acids is 1. The van der Waals surface area contributed by atoms with Crippen LogP contribution in [0, 0.1) is 15.9 Å². The molecule has 0 fully saturated rings. The van der Waals surface area contributed by atoms with Crippen molar-refractivity contribution < 1.29 is 49.0 Å². The third-order valence-electron chi connectivity index (χ3n) is 3.95. The Morgan fingerprint density at radius 3 is 2.29 bits per heavy atom. The second kappa shape index (κ2) is 7.54. The van der Waals surface area contributed by atoms with E-state index in [1.165, 1.54) is 12.1 Å². The highest BCUT2D eigenvalue weighted by atomic mass is 32.2. The monoisotopic (exact) mass is 463 g/mol. The molecule has 14 heteroatoms. The number of carbonyl (C=O) groups is 1. The molecule has 1 heterocycles. The first-order valence-corrected chi connectivity index (χ1v) is 9.36. The molecule has 0 aliphatic carbocycles. The number of methoxy groups -OCH3 is 1. The molecule has 31 heavy (non-hydrogen) atoms. The zero-order chi connectivity index (χ0) is 23.1. The van der Waals surface area contributed by atoms with E-state index in [1.807, 2.05) is 0 Å². The van der Waals surface area contributed by atoms with Gasteiger partial charge < -0.3 is 13.3 Å². The van der Waals surface area contributed by atoms with Gasteiger partial charge >= 0.3 is 27.3 Å². The summed E-state index contributed by atoms with van der Waals surface area (Å²) in [5, 5.41) is 10.9. The number of ether oxygens (including phenoxy) is 1. The maximum Gasteiger partial charge on any atom is 0.534 e. The molecule has 2 aromatic carbocycles. The second-order valence-electron chi connectivity index (χ2n) is 5.86. The Kier molecular flexibility index (Phi) is 5.35. The molecule has 0 atom stereocenters. The highest BCUT2D eigenvalue weighted by molar-refractivity contribution is 7.88. The summed E-state index contributed by atoms with van der Waals surface area (Å²) in [5.74, 6) is -3.22. The summed E-state index contributed by atoms with van der Waals surface area (Å²) in [4.78, 5) is 22.4. The van der Waals surface area contributed by atoms with E-state index in [0.717, 1.165) is 19.2 Å². The molecule has 0 aliphatic heterocycles. The Morgan fingerprint density at radius 1 is 1.16 bits per heavy atom. The highest BCUT2D eigenvalue weighted by Gasteiger charge is 2.49. The normalized spacial score (nSPS) is 12.0. The van der Waals surface area contributed by atoms with Crippen LogP contribution in [0.25, 0.3) is 22.3 Å². The number of hydrogen-bond acceptors (Lipinski definition) is 8. The number of esters is 1. The standard InChI is InChI=1S/C17H9F4NO8S/c1-28-16(23)14-10-6-13(30-31(26,27)17(19,20)21)11(22(24)25)7-12(10)29-15(14)8-2-4-9(18)5-3-8/h2-7H,1H3. The molecular formula is C17H9F4NO8S. The van der Waals surface area contributed by atoms with E-state index >= 15 is 0 Å². The van der Waals surface area contributed by atoms with Crippen molar-refractivity contribution in [1.82, 2.24) is 0 Å². The van der Waals surface area contributed by atoms with Crippen molar-refractivity contribution in [2.45, 2.75) is 5.51 Å². The van der Waals surface area contributed by atoms with Crippen LogP contribution in [0.4, 0.5) is 23.2 Å². The zero-order valence-corrected chi connectivity index (χ0v) is 15.9. The van der Waals surface area contributed by atoms with Gasteiger partial charge in [-0.1, -0.05) is 0 Å². The first kappa shape index (κ1) is 22.0. The molecule has 0 unspecified atom stereocenters. The summed E-state index contributed by atoms with van der Waals surface area (Å²) < 4.78 is 87.9. The molecule has 0 saturated heterocycles. The molecule has 9 nitrogen and oxygen atoms in total. The van der Waals surface area contributed by atoms with Crippen molar-refractivity contribution in [3.05, 3.63) is 57.9 Å². The largest absolute Gasteiger partial charge is 0.534 e. The number of halogens is 4. The smallest absolute Gasteiger partial charge is 0.465 e. The molecular weight excluding hydrogens is 454 g/mol. The zero-order valence-electron chi connectivity index (χ0n) is 15.1. The number of benzene rings is 2. The number of rotatable bonds is 5. The number of alkyl halides is 3. The van der Waals surface area contributed by atoms with Crippen LogP contribution in [0.2, 0.25) is 0 Å². The molecule has 1 aromatic heterocycles. The van der Waals surface area contributed by atoms with Gasteiger partial charge in [-0.2, -0.15) is 21.6 Å². The number of nitrogens with zero attached hydrogens (tertiary/aromatic N) is 1. The Balaban J connectivity index is 2.32. The van der Waals surface area contributed by atoms with Crippen LogP contribution in [0.5, 0.6) is 5.75 Å². The van der Waals surface area contributed by atoms with Gasteiger partial charge in [-0.05, 0) is 24.3 Å². The van der Waals surface area contributed by atoms with Gasteiger partial charge in [0.1, 0.15) is 22.7 Å². The van der Waals surface area contributed by atoms with E-state index < -0.39 is 49.3 Å². The lowest BCUT2D eigenvalue weighted by molar-refractivity contribution is -0.385. The lowest BCUT2D eigenvalue weighted by Gasteiger charge is -2.09. The molecule has 0 aliphatic rings. The first-order chi connectivity index (χ1) is 14.4. The molecule has 0 spiro atoms. The molecule has 0 radical (unpaired) electrons. The van der Waals surface area contributed by atoms with Gasteiger partial charge in [0, 0.05) is 17.0 Å². The summed E-state index contributed by atoms with van der Waals surface area (Å²) >= 11 is 0. The lowest BCUT2D eigenvalue weighted by atomic mass is 10.0. The number of hydrogen-bond donors (Lipinski definition) is 0. The Hall–Kier alpha value is -3.68.